The molecule has 106 valence electrons. The van der Waals surface area contributed by atoms with E-state index >= 15 is 0 Å². The molecule has 1 heterocycles. The fraction of sp³-hybridized carbons (Fsp3) is 0.231. The van der Waals surface area contributed by atoms with Gasteiger partial charge in [-0.1, -0.05) is 0 Å². The van der Waals surface area contributed by atoms with Gasteiger partial charge in [-0.25, -0.2) is 13.8 Å². The number of nitrogens with one attached hydrogen (secondary N) is 1. The van der Waals surface area contributed by atoms with Gasteiger partial charge in [0.15, 0.2) is 0 Å². The van der Waals surface area contributed by atoms with Crippen molar-refractivity contribution in [3.63, 3.8) is 0 Å². The van der Waals surface area contributed by atoms with Gasteiger partial charge in [0.05, 0.1) is 17.2 Å². The molecule has 0 atom stereocenters. The Bertz CT molecular complexity index is 631. The minimum absolute atomic E-state index is 0.0293. The highest BCUT2D eigenvalue weighted by Gasteiger charge is 2.17. The second kappa shape index (κ2) is 5.54. The molecule has 0 spiro atoms. The molecule has 0 bridgehead atoms. The first kappa shape index (κ1) is 14.4. The van der Waals surface area contributed by atoms with E-state index in [1.165, 1.54) is 16.2 Å². The zero-order chi connectivity index (χ0) is 14.9. The van der Waals surface area contributed by atoms with Crippen LogP contribution in [0, 0.1) is 24.0 Å². The largest absolute Gasteiger partial charge is 0.384 e. The average molecular weight is 296 g/mol. The predicted octanol–water partition coefficient (Wildman–Crippen LogP) is 2.65. The van der Waals surface area contributed by atoms with Crippen LogP contribution in [0.3, 0.4) is 0 Å². The van der Waals surface area contributed by atoms with Crippen LogP contribution in [0.4, 0.5) is 14.5 Å². The lowest BCUT2D eigenvalue weighted by Crippen LogP contribution is -2.21. The molecule has 0 saturated heterocycles. The number of halogens is 2. The monoisotopic (exact) mass is 296 g/mol. The van der Waals surface area contributed by atoms with Gasteiger partial charge in [0, 0.05) is 18.0 Å². The summed E-state index contributed by atoms with van der Waals surface area (Å²) in [5, 5.41) is 9.97. The second-order valence-corrected chi connectivity index (χ2v) is 5.48. The van der Waals surface area contributed by atoms with Crippen molar-refractivity contribution in [3.8, 4) is 0 Å². The molecule has 7 heteroatoms. The van der Waals surface area contributed by atoms with E-state index < -0.39 is 11.6 Å². The number of benzene rings is 1. The molecule has 2 aromatic rings. The summed E-state index contributed by atoms with van der Waals surface area (Å²) >= 11 is 1.49. The maximum absolute atomic E-state index is 14.0. The molecule has 1 aromatic heterocycles. The van der Waals surface area contributed by atoms with Crippen LogP contribution in [-0.2, 0) is 6.54 Å². The number of anilines is 1. The number of hydrogen-bond acceptors (Lipinski definition) is 4. The SMILES string of the molecule is Cc1nc(CN(C)c2c(F)cc(C(=N)N)cc2F)cs1. The molecular formula is C13H14F2N4S. The Kier molecular flexibility index (Phi) is 3.99. The molecule has 1 aromatic carbocycles. The number of amidine groups is 1. The van der Waals surface area contributed by atoms with Crippen molar-refractivity contribution in [1.29, 1.82) is 5.41 Å². The van der Waals surface area contributed by atoms with Crippen molar-refractivity contribution in [2.75, 3.05) is 11.9 Å². The molecule has 0 amide bonds. The van der Waals surface area contributed by atoms with Gasteiger partial charge in [0.2, 0.25) is 0 Å². The van der Waals surface area contributed by atoms with E-state index in [4.69, 9.17) is 11.1 Å². The van der Waals surface area contributed by atoms with Crippen molar-refractivity contribution in [1.82, 2.24) is 4.98 Å². The maximum atomic E-state index is 14.0. The van der Waals surface area contributed by atoms with Crippen LogP contribution in [0.15, 0.2) is 17.5 Å². The summed E-state index contributed by atoms with van der Waals surface area (Å²) in [6.45, 7) is 2.18. The van der Waals surface area contributed by atoms with E-state index in [0.29, 0.717) is 6.54 Å². The van der Waals surface area contributed by atoms with Crippen molar-refractivity contribution in [2.24, 2.45) is 5.73 Å². The number of nitrogen functional groups attached to an aromatic ring is 1. The first-order valence-corrected chi connectivity index (χ1v) is 6.72. The zero-order valence-electron chi connectivity index (χ0n) is 11.1. The van der Waals surface area contributed by atoms with Gasteiger partial charge >= 0.3 is 0 Å². The third-order valence-corrected chi connectivity index (χ3v) is 3.60. The Morgan fingerprint density at radius 2 is 2.00 bits per heavy atom. The highest BCUT2D eigenvalue weighted by atomic mass is 32.1. The Morgan fingerprint density at radius 3 is 2.45 bits per heavy atom. The van der Waals surface area contributed by atoms with Gasteiger partial charge < -0.3 is 10.6 Å². The standard InChI is InChI=1S/C13H14F2N4S/c1-7-18-9(6-20-7)5-19(2)12-10(14)3-8(13(16)17)4-11(12)15/h3-4,6H,5H2,1-2H3,(H3,16,17). The first-order chi connectivity index (χ1) is 9.38. The topological polar surface area (TPSA) is 66.0 Å². The summed E-state index contributed by atoms with van der Waals surface area (Å²) in [4.78, 5) is 5.71. The fourth-order valence-corrected chi connectivity index (χ4v) is 2.49. The number of aromatic nitrogens is 1. The van der Waals surface area contributed by atoms with E-state index in [1.54, 1.807) is 7.05 Å². The van der Waals surface area contributed by atoms with Crippen molar-refractivity contribution in [2.45, 2.75) is 13.5 Å². The van der Waals surface area contributed by atoms with E-state index in [9.17, 15) is 8.78 Å². The Hall–Kier alpha value is -2.02. The molecule has 0 saturated carbocycles. The molecule has 2 rings (SSSR count). The van der Waals surface area contributed by atoms with Gasteiger partial charge in [-0.15, -0.1) is 11.3 Å². The first-order valence-electron chi connectivity index (χ1n) is 5.84. The summed E-state index contributed by atoms with van der Waals surface area (Å²) < 4.78 is 28.0. The van der Waals surface area contributed by atoms with Crippen LogP contribution in [0.25, 0.3) is 0 Å². The predicted molar refractivity (Wildman–Crippen MR) is 76.3 cm³/mol. The van der Waals surface area contributed by atoms with Crippen molar-refractivity contribution < 1.29 is 8.78 Å². The number of thiazole rings is 1. The summed E-state index contributed by atoms with van der Waals surface area (Å²) in [5.74, 6) is -1.86. The summed E-state index contributed by atoms with van der Waals surface area (Å²) in [6, 6.07) is 2.12. The molecule has 0 aliphatic carbocycles. The van der Waals surface area contributed by atoms with Crippen LogP contribution in [-0.4, -0.2) is 17.9 Å². The highest BCUT2D eigenvalue weighted by molar-refractivity contribution is 7.09. The van der Waals surface area contributed by atoms with Gasteiger partial charge in [-0.05, 0) is 19.1 Å². The number of hydrogen-bond donors (Lipinski definition) is 2. The second-order valence-electron chi connectivity index (χ2n) is 4.42. The minimum atomic E-state index is -0.746. The average Bonchev–Trinajstić information content (AvgIpc) is 2.73. The third kappa shape index (κ3) is 2.93. The van der Waals surface area contributed by atoms with E-state index in [2.05, 4.69) is 4.98 Å². The molecule has 3 N–H and O–H groups in total. The van der Waals surface area contributed by atoms with Crippen molar-refractivity contribution in [3.05, 3.63) is 45.4 Å². The Balaban J connectivity index is 2.30. The zero-order valence-corrected chi connectivity index (χ0v) is 11.9. The third-order valence-electron chi connectivity index (χ3n) is 2.78. The Morgan fingerprint density at radius 1 is 1.40 bits per heavy atom. The molecule has 0 aliphatic heterocycles. The number of nitrogens with two attached hydrogens (primary N) is 1. The molecule has 0 aliphatic rings. The van der Waals surface area contributed by atoms with Crippen LogP contribution < -0.4 is 10.6 Å². The molecule has 0 fully saturated rings. The van der Waals surface area contributed by atoms with Crippen LogP contribution >= 0.6 is 11.3 Å². The molecule has 0 unspecified atom stereocenters. The molecule has 0 radical (unpaired) electrons. The summed E-state index contributed by atoms with van der Waals surface area (Å²) in [6.07, 6.45) is 0. The van der Waals surface area contributed by atoms with E-state index in [1.807, 2.05) is 12.3 Å². The van der Waals surface area contributed by atoms with E-state index in [0.717, 1.165) is 22.8 Å². The maximum Gasteiger partial charge on any atom is 0.150 e. The molecular weight excluding hydrogens is 282 g/mol. The van der Waals surface area contributed by atoms with Crippen LogP contribution in [0.2, 0.25) is 0 Å². The number of rotatable bonds is 4. The number of aryl methyl sites for hydroxylation is 1. The lowest BCUT2D eigenvalue weighted by atomic mass is 10.1. The van der Waals surface area contributed by atoms with Crippen LogP contribution in [0.1, 0.15) is 16.3 Å². The molecule has 4 nitrogen and oxygen atoms in total. The lowest BCUT2D eigenvalue weighted by molar-refractivity contribution is 0.575. The van der Waals surface area contributed by atoms with Crippen molar-refractivity contribution >= 4 is 22.9 Å². The number of nitrogens with zero attached hydrogens (tertiary/aromatic N) is 2. The van der Waals surface area contributed by atoms with Gasteiger partial charge in [-0.2, -0.15) is 0 Å². The van der Waals surface area contributed by atoms with Gasteiger partial charge in [-0.3, -0.25) is 5.41 Å². The lowest BCUT2D eigenvalue weighted by Gasteiger charge is -2.20. The van der Waals surface area contributed by atoms with E-state index in [-0.39, 0.29) is 17.1 Å². The highest BCUT2D eigenvalue weighted by Crippen LogP contribution is 2.25. The van der Waals surface area contributed by atoms with Gasteiger partial charge in [0.25, 0.3) is 0 Å². The quantitative estimate of drug-likeness (QED) is 0.673. The van der Waals surface area contributed by atoms with Crippen LogP contribution in [0.5, 0.6) is 0 Å². The normalized spacial score (nSPS) is 10.6. The fourth-order valence-electron chi connectivity index (χ4n) is 1.89. The summed E-state index contributed by atoms with van der Waals surface area (Å²) in [5.41, 5.74) is 5.86. The minimum Gasteiger partial charge on any atom is -0.384 e. The Labute approximate surface area is 119 Å². The summed E-state index contributed by atoms with van der Waals surface area (Å²) in [7, 11) is 1.59. The van der Waals surface area contributed by atoms with Gasteiger partial charge in [0.1, 0.15) is 23.2 Å². The smallest absolute Gasteiger partial charge is 0.150 e. The molecule has 20 heavy (non-hydrogen) atoms.